The second-order valence-electron chi connectivity index (χ2n) is 5.21. The van der Waals surface area contributed by atoms with Crippen LogP contribution in [0.15, 0.2) is 4.79 Å². The Morgan fingerprint density at radius 3 is 2.82 bits per heavy atom. The fourth-order valence-corrected chi connectivity index (χ4v) is 2.98. The highest BCUT2D eigenvalue weighted by Crippen LogP contribution is 2.23. The summed E-state index contributed by atoms with van der Waals surface area (Å²) in [7, 11) is 2.07. The molecule has 1 saturated heterocycles. The highest BCUT2D eigenvalue weighted by molar-refractivity contribution is 5.21. The number of piperidine rings is 1. The van der Waals surface area contributed by atoms with Crippen molar-refractivity contribution in [3.05, 3.63) is 21.6 Å². The van der Waals surface area contributed by atoms with E-state index in [2.05, 4.69) is 27.0 Å². The Kier molecular flexibility index (Phi) is 2.80. The molecule has 0 atom stereocenters. The lowest BCUT2D eigenvalue weighted by Gasteiger charge is -2.28. The molecule has 0 aromatic carbocycles. The highest BCUT2D eigenvalue weighted by Gasteiger charge is 2.25. The van der Waals surface area contributed by atoms with Gasteiger partial charge < -0.3 is 10.2 Å². The summed E-state index contributed by atoms with van der Waals surface area (Å²) in [6, 6.07) is 0.483. The van der Waals surface area contributed by atoms with Gasteiger partial charge in [-0.1, -0.05) is 0 Å². The van der Waals surface area contributed by atoms with Crippen LogP contribution >= 0.6 is 0 Å². The predicted octanol–water partition coefficient (Wildman–Crippen LogP) is 0.0888. The van der Waals surface area contributed by atoms with Crippen LogP contribution in [0.1, 0.15) is 30.1 Å². The third kappa shape index (κ3) is 1.93. The number of aromatic amines is 1. The molecule has 5 heteroatoms. The first kappa shape index (κ1) is 11.0. The molecule has 0 bridgehead atoms. The molecular formula is C12H20N4O. The molecule has 17 heavy (non-hydrogen) atoms. The number of nitrogens with zero attached hydrogens (tertiary/aromatic N) is 2. The van der Waals surface area contributed by atoms with Crippen molar-refractivity contribution >= 4 is 0 Å². The van der Waals surface area contributed by atoms with Gasteiger partial charge in [0.2, 0.25) is 0 Å². The fourth-order valence-electron chi connectivity index (χ4n) is 2.98. The van der Waals surface area contributed by atoms with E-state index in [1.54, 1.807) is 0 Å². The molecule has 5 nitrogen and oxygen atoms in total. The Bertz CT molecular complexity index is 456. The van der Waals surface area contributed by atoms with E-state index < -0.39 is 0 Å². The van der Waals surface area contributed by atoms with Gasteiger partial charge >= 0.3 is 0 Å². The van der Waals surface area contributed by atoms with E-state index in [1.165, 1.54) is 5.69 Å². The molecule has 3 rings (SSSR count). The fraction of sp³-hybridized carbons (Fsp3) is 0.750. The largest absolute Gasteiger partial charge is 0.317 e. The molecule has 1 aromatic heterocycles. The van der Waals surface area contributed by atoms with Gasteiger partial charge in [-0.3, -0.25) is 14.6 Å². The third-order valence-electron chi connectivity index (χ3n) is 3.97. The van der Waals surface area contributed by atoms with Crippen molar-refractivity contribution in [1.29, 1.82) is 0 Å². The zero-order chi connectivity index (χ0) is 11.8. The number of aromatic nitrogens is 2. The zero-order valence-electron chi connectivity index (χ0n) is 10.3. The second-order valence-corrected chi connectivity index (χ2v) is 5.21. The van der Waals surface area contributed by atoms with Gasteiger partial charge in [0, 0.05) is 25.2 Å². The molecule has 1 fully saturated rings. The first-order chi connectivity index (χ1) is 8.25. The van der Waals surface area contributed by atoms with Crippen LogP contribution in [-0.4, -0.2) is 41.4 Å². The maximum Gasteiger partial charge on any atom is 0.268 e. The molecule has 94 valence electrons. The number of rotatable bonds is 1. The number of likely N-dealkylation sites (N-methyl/N-ethyl adjacent to an activating group) is 1. The lowest BCUT2D eigenvalue weighted by molar-refractivity contribution is 0.291. The average Bonchev–Trinajstić information content (AvgIpc) is 2.68. The zero-order valence-corrected chi connectivity index (χ0v) is 10.3. The van der Waals surface area contributed by atoms with Crippen LogP contribution in [0.25, 0.3) is 0 Å². The molecular weight excluding hydrogens is 216 g/mol. The molecule has 2 aliphatic rings. The summed E-state index contributed by atoms with van der Waals surface area (Å²) in [6.07, 6.45) is 3.23. The van der Waals surface area contributed by atoms with E-state index in [1.807, 2.05) is 0 Å². The molecule has 0 radical (unpaired) electrons. The van der Waals surface area contributed by atoms with Crippen LogP contribution < -0.4 is 10.9 Å². The third-order valence-corrected chi connectivity index (χ3v) is 3.97. The summed E-state index contributed by atoms with van der Waals surface area (Å²) >= 11 is 0. The second kappa shape index (κ2) is 4.31. The maximum atomic E-state index is 12.0. The predicted molar refractivity (Wildman–Crippen MR) is 66.2 cm³/mol. The van der Waals surface area contributed by atoms with Crippen molar-refractivity contribution in [3.8, 4) is 0 Å². The minimum Gasteiger partial charge on any atom is -0.317 e. The normalized spacial score (nSPS) is 22.6. The molecule has 1 aromatic rings. The van der Waals surface area contributed by atoms with Crippen LogP contribution in [0.2, 0.25) is 0 Å². The quantitative estimate of drug-likeness (QED) is 0.726. The SMILES string of the molecule is CN1CCc2c(c(=O)[nH]n2C2CCNCC2)C1. The van der Waals surface area contributed by atoms with E-state index in [-0.39, 0.29) is 5.56 Å². The van der Waals surface area contributed by atoms with Crippen molar-refractivity contribution in [2.24, 2.45) is 0 Å². The van der Waals surface area contributed by atoms with E-state index in [4.69, 9.17) is 0 Å². The van der Waals surface area contributed by atoms with E-state index >= 15 is 0 Å². The first-order valence-electron chi connectivity index (χ1n) is 6.47. The van der Waals surface area contributed by atoms with Crippen LogP contribution in [0, 0.1) is 0 Å². The molecule has 0 unspecified atom stereocenters. The molecule has 3 heterocycles. The molecule has 0 saturated carbocycles. The van der Waals surface area contributed by atoms with Crippen molar-refractivity contribution < 1.29 is 0 Å². The Labute approximate surface area is 101 Å². The van der Waals surface area contributed by atoms with Crippen molar-refractivity contribution in [2.45, 2.75) is 31.8 Å². The Morgan fingerprint density at radius 1 is 1.29 bits per heavy atom. The average molecular weight is 236 g/mol. The lowest BCUT2D eigenvalue weighted by atomic mass is 10.0. The minimum atomic E-state index is 0.116. The molecule has 2 aliphatic heterocycles. The summed E-state index contributed by atoms with van der Waals surface area (Å²) in [6.45, 7) is 3.96. The van der Waals surface area contributed by atoms with Gasteiger partial charge in [-0.15, -0.1) is 0 Å². The van der Waals surface area contributed by atoms with Gasteiger partial charge in [0.25, 0.3) is 5.56 Å². The maximum absolute atomic E-state index is 12.0. The molecule has 0 aliphatic carbocycles. The number of H-pyrrole nitrogens is 1. The number of fused-ring (bicyclic) bond motifs is 1. The van der Waals surface area contributed by atoms with Crippen molar-refractivity contribution in [2.75, 3.05) is 26.7 Å². The molecule has 2 N–H and O–H groups in total. The van der Waals surface area contributed by atoms with Crippen molar-refractivity contribution in [1.82, 2.24) is 20.0 Å². The van der Waals surface area contributed by atoms with Gasteiger partial charge in [-0.05, 0) is 33.0 Å². The number of hydrogen-bond acceptors (Lipinski definition) is 3. The van der Waals surface area contributed by atoms with Crippen LogP contribution in [0.3, 0.4) is 0 Å². The van der Waals surface area contributed by atoms with Crippen molar-refractivity contribution in [3.63, 3.8) is 0 Å². The van der Waals surface area contributed by atoms with Crippen LogP contribution in [0.4, 0.5) is 0 Å². The van der Waals surface area contributed by atoms with Gasteiger partial charge in [0.1, 0.15) is 0 Å². The van der Waals surface area contributed by atoms with Gasteiger partial charge in [0.15, 0.2) is 0 Å². The highest BCUT2D eigenvalue weighted by atomic mass is 16.1. The Morgan fingerprint density at radius 2 is 2.06 bits per heavy atom. The number of nitrogens with one attached hydrogen (secondary N) is 2. The molecule has 0 spiro atoms. The summed E-state index contributed by atoms with van der Waals surface area (Å²) < 4.78 is 2.16. The topological polar surface area (TPSA) is 53.1 Å². The first-order valence-corrected chi connectivity index (χ1v) is 6.47. The summed E-state index contributed by atoms with van der Waals surface area (Å²) in [5.41, 5.74) is 2.35. The van der Waals surface area contributed by atoms with Crippen LogP contribution in [-0.2, 0) is 13.0 Å². The summed E-state index contributed by atoms with van der Waals surface area (Å²) in [4.78, 5) is 14.2. The number of hydrogen-bond donors (Lipinski definition) is 2. The molecule has 0 amide bonds. The minimum absolute atomic E-state index is 0.116. The van der Waals surface area contributed by atoms with Gasteiger partial charge in [-0.2, -0.15) is 0 Å². The lowest BCUT2D eigenvalue weighted by Crippen LogP contribution is -2.32. The summed E-state index contributed by atoms with van der Waals surface area (Å²) in [5, 5.41) is 6.42. The van der Waals surface area contributed by atoms with Gasteiger partial charge in [-0.25, -0.2) is 0 Å². The smallest absolute Gasteiger partial charge is 0.268 e. The Balaban J connectivity index is 1.95. The Hall–Kier alpha value is -1.07. The van der Waals surface area contributed by atoms with Crippen LogP contribution in [0.5, 0.6) is 0 Å². The van der Waals surface area contributed by atoms with E-state index in [9.17, 15) is 4.79 Å². The van der Waals surface area contributed by atoms with E-state index in [0.29, 0.717) is 6.04 Å². The van der Waals surface area contributed by atoms with Gasteiger partial charge in [0.05, 0.1) is 11.6 Å². The summed E-state index contributed by atoms with van der Waals surface area (Å²) in [5.74, 6) is 0. The monoisotopic (exact) mass is 236 g/mol. The van der Waals surface area contributed by atoms with E-state index in [0.717, 1.165) is 51.0 Å². The standard InChI is InChI=1S/C12H20N4O/c1-15-7-4-11-10(8-15)12(17)14-16(11)9-2-5-13-6-3-9/h9,13H,2-8H2,1H3,(H,14,17).